The monoisotopic (exact) mass is 464 g/mol. The quantitative estimate of drug-likeness (QED) is 0.408. The lowest BCUT2D eigenvalue weighted by atomic mass is 10.1. The average Bonchev–Trinajstić information content (AvgIpc) is 3.09. The Hall–Kier alpha value is -1.93. The van der Waals surface area contributed by atoms with Crippen LogP contribution in [0.3, 0.4) is 0 Å². The first-order valence-corrected chi connectivity index (χ1v) is 11.5. The van der Waals surface area contributed by atoms with Crippen molar-refractivity contribution in [2.45, 2.75) is 43.7 Å². The molecule has 168 valence electrons. The molecule has 6 nitrogen and oxygen atoms in total. The molecule has 3 rings (SSSR count). The molecule has 8 heteroatoms. The molecule has 0 radical (unpaired) electrons. The van der Waals surface area contributed by atoms with Gasteiger partial charge in [-0.1, -0.05) is 37.2 Å². The number of aliphatic hydroxyl groups excluding tert-OH is 1. The summed E-state index contributed by atoms with van der Waals surface area (Å²) < 4.78 is 11.5. The van der Waals surface area contributed by atoms with Crippen LogP contribution in [0.25, 0.3) is 0 Å². The molecule has 0 aromatic heterocycles. The summed E-state index contributed by atoms with van der Waals surface area (Å²) >= 11 is 7.73. The number of nitrogens with one attached hydrogen (secondary N) is 1. The molecule has 0 bridgehead atoms. The number of carbonyl (C=O) groups excluding carboxylic acids is 1. The first-order chi connectivity index (χ1) is 14.8. The Labute approximate surface area is 192 Å². The van der Waals surface area contributed by atoms with E-state index in [9.17, 15) is 9.90 Å². The largest absolute Gasteiger partial charge is 0.497 e. The van der Waals surface area contributed by atoms with E-state index >= 15 is 0 Å². The van der Waals surface area contributed by atoms with E-state index in [0.717, 1.165) is 16.1 Å². The van der Waals surface area contributed by atoms with Crippen molar-refractivity contribution in [1.29, 1.82) is 0 Å². The van der Waals surface area contributed by atoms with Gasteiger partial charge in [0.2, 0.25) is 5.91 Å². The van der Waals surface area contributed by atoms with Gasteiger partial charge in [0.25, 0.3) is 0 Å². The number of hydrogen-bond donors (Lipinski definition) is 2. The summed E-state index contributed by atoms with van der Waals surface area (Å²) in [7, 11) is 1.61. The molecular weight excluding hydrogens is 436 g/mol. The van der Waals surface area contributed by atoms with Crippen LogP contribution >= 0.6 is 23.4 Å². The predicted octanol–water partition coefficient (Wildman–Crippen LogP) is 4.84. The summed E-state index contributed by atoms with van der Waals surface area (Å²) in [5.74, 6) is 1.70. The van der Waals surface area contributed by atoms with Crippen LogP contribution in [0.5, 0.6) is 11.5 Å². The van der Waals surface area contributed by atoms with E-state index in [2.05, 4.69) is 19.2 Å². The van der Waals surface area contributed by atoms with Gasteiger partial charge in [-0.2, -0.15) is 0 Å². The first-order valence-electron chi connectivity index (χ1n) is 10.3. The fraction of sp³-hybridized carbons (Fsp3) is 0.435. The third-order valence-electron chi connectivity index (χ3n) is 4.91. The second kappa shape index (κ2) is 10.6. The molecule has 1 aliphatic heterocycles. The SMILES string of the molecule is COc1ccc(OCCNC(O)CC(C)C)c(C2Sc3cc(Cl)ccc3N2C(C)=O)c1. The highest BCUT2D eigenvalue weighted by atomic mass is 35.5. The zero-order valence-corrected chi connectivity index (χ0v) is 19.8. The number of rotatable bonds is 9. The van der Waals surface area contributed by atoms with E-state index in [-0.39, 0.29) is 11.3 Å². The average molecular weight is 465 g/mol. The molecule has 0 spiro atoms. The Bertz CT molecular complexity index is 924. The number of nitrogens with zero attached hydrogens (tertiary/aromatic N) is 1. The number of anilines is 1. The minimum atomic E-state index is -0.559. The third-order valence-corrected chi connectivity index (χ3v) is 6.42. The fourth-order valence-corrected chi connectivity index (χ4v) is 5.15. The Balaban J connectivity index is 1.80. The van der Waals surface area contributed by atoms with Gasteiger partial charge in [0.05, 0.1) is 12.8 Å². The number of methoxy groups -OCH3 is 1. The van der Waals surface area contributed by atoms with Gasteiger partial charge in [-0.15, -0.1) is 0 Å². The maximum absolute atomic E-state index is 12.5. The van der Waals surface area contributed by atoms with Crippen LogP contribution in [0.4, 0.5) is 5.69 Å². The molecule has 2 aromatic carbocycles. The van der Waals surface area contributed by atoms with Crippen molar-refractivity contribution in [2.75, 3.05) is 25.2 Å². The van der Waals surface area contributed by atoms with Gasteiger partial charge in [-0.3, -0.25) is 15.0 Å². The number of hydrogen-bond acceptors (Lipinski definition) is 6. The summed E-state index contributed by atoms with van der Waals surface area (Å²) in [6.45, 7) is 6.57. The minimum absolute atomic E-state index is 0.0641. The normalized spacial score (nSPS) is 16.4. The summed E-state index contributed by atoms with van der Waals surface area (Å²) in [5, 5.41) is 13.4. The number of ether oxygens (including phenoxy) is 2. The van der Waals surface area contributed by atoms with Gasteiger partial charge in [-0.25, -0.2) is 0 Å². The zero-order valence-electron chi connectivity index (χ0n) is 18.2. The van der Waals surface area contributed by atoms with Gasteiger partial charge in [-0.05, 0) is 48.7 Å². The lowest BCUT2D eigenvalue weighted by Gasteiger charge is -2.26. The summed E-state index contributed by atoms with van der Waals surface area (Å²) in [5.41, 5.74) is 1.67. The number of aliphatic hydroxyl groups is 1. The van der Waals surface area contributed by atoms with Crippen LogP contribution in [-0.4, -0.2) is 37.5 Å². The van der Waals surface area contributed by atoms with Crippen molar-refractivity contribution in [3.05, 3.63) is 47.0 Å². The van der Waals surface area contributed by atoms with Crippen molar-refractivity contribution in [1.82, 2.24) is 5.32 Å². The number of benzene rings is 2. The van der Waals surface area contributed by atoms with Crippen LogP contribution in [0.2, 0.25) is 5.02 Å². The zero-order chi connectivity index (χ0) is 22.5. The Kier molecular flexibility index (Phi) is 8.11. The Morgan fingerprint density at radius 2 is 2.06 bits per heavy atom. The fourth-order valence-electron chi connectivity index (χ4n) is 3.51. The summed E-state index contributed by atoms with van der Waals surface area (Å²) in [4.78, 5) is 15.2. The van der Waals surface area contributed by atoms with E-state index in [1.165, 1.54) is 0 Å². The maximum atomic E-state index is 12.5. The van der Waals surface area contributed by atoms with Crippen molar-refractivity contribution in [3.63, 3.8) is 0 Å². The highest BCUT2D eigenvalue weighted by Gasteiger charge is 2.36. The molecule has 2 unspecified atom stereocenters. The standard InChI is InChI=1S/C23H29ClN2O4S/c1-14(2)11-22(28)25-9-10-30-20-8-6-17(29-4)13-18(20)23-26(15(3)27)19-7-5-16(24)12-21(19)31-23/h5-8,12-14,22-23,25,28H,9-11H2,1-4H3. The van der Waals surface area contributed by atoms with Crippen molar-refractivity contribution in [2.24, 2.45) is 5.92 Å². The molecule has 0 aliphatic carbocycles. The van der Waals surface area contributed by atoms with E-state index in [1.807, 2.05) is 30.3 Å². The van der Waals surface area contributed by atoms with Crippen molar-refractivity contribution >= 4 is 35.0 Å². The maximum Gasteiger partial charge on any atom is 0.225 e. The number of carbonyl (C=O) groups is 1. The molecule has 0 fully saturated rings. The Morgan fingerprint density at radius 1 is 1.29 bits per heavy atom. The molecule has 0 saturated carbocycles. The minimum Gasteiger partial charge on any atom is -0.497 e. The lowest BCUT2D eigenvalue weighted by Crippen LogP contribution is -2.33. The second-order valence-corrected chi connectivity index (χ2v) is 9.38. The third kappa shape index (κ3) is 5.86. The van der Waals surface area contributed by atoms with Crippen LogP contribution in [0.1, 0.15) is 38.1 Å². The van der Waals surface area contributed by atoms with Gasteiger partial charge < -0.3 is 14.6 Å². The number of amides is 1. The second-order valence-electron chi connectivity index (χ2n) is 7.82. The molecule has 31 heavy (non-hydrogen) atoms. The topological polar surface area (TPSA) is 71.0 Å². The van der Waals surface area contributed by atoms with Gasteiger partial charge >= 0.3 is 0 Å². The van der Waals surface area contributed by atoms with E-state index in [1.54, 1.807) is 36.8 Å². The molecule has 0 saturated heterocycles. The van der Waals surface area contributed by atoms with E-state index in [4.69, 9.17) is 21.1 Å². The number of fused-ring (bicyclic) bond motifs is 1. The number of halogens is 1. The van der Waals surface area contributed by atoms with Crippen LogP contribution in [0, 0.1) is 5.92 Å². The van der Waals surface area contributed by atoms with Crippen LogP contribution in [0.15, 0.2) is 41.3 Å². The van der Waals surface area contributed by atoms with Crippen molar-refractivity contribution < 1.29 is 19.4 Å². The van der Waals surface area contributed by atoms with E-state index < -0.39 is 6.23 Å². The van der Waals surface area contributed by atoms with Crippen LogP contribution in [-0.2, 0) is 4.79 Å². The van der Waals surface area contributed by atoms with Crippen LogP contribution < -0.4 is 19.7 Å². The van der Waals surface area contributed by atoms with E-state index in [0.29, 0.717) is 42.0 Å². The smallest absolute Gasteiger partial charge is 0.225 e. The highest BCUT2D eigenvalue weighted by molar-refractivity contribution is 8.00. The summed E-state index contributed by atoms with van der Waals surface area (Å²) in [6.07, 6.45) is 0.123. The highest BCUT2D eigenvalue weighted by Crippen LogP contribution is 2.54. The van der Waals surface area contributed by atoms with Gasteiger partial charge in [0.15, 0.2) is 0 Å². The first kappa shape index (κ1) is 23.7. The molecule has 1 amide bonds. The molecule has 2 N–H and O–H groups in total. The lowest BCUT2D eigenvalue weighted by molar-refractivity contribution is -0.116. The molecule has 1 aliphatic rings. The molecule has 1 heterocycles. The summed E-state index contributed by atoms with van der Waals surface area (Å²) in [6, 6.07) is 11.1. The molecule has 2 aromatic rings. The van der Waals surface area contributed by atoms with Gasteiger partial charge in [0.1, 0.15) is 29.7 Å². The Morgan fingerprint density at radius 3 is 2.74 bits per heavy atom. The van der Waals surface area contributed by atoms with Crippen molar-refractivity contribution in [3.8, 4) is 11.5 Å². The molecule has 2 atom stereocenters. The van der Waals surface area contributed by atoms with Gasteiger partial charge in [0, 0.05) is 29.0 Å². The predicted molar refractivity (Wildman–Crippen MR) is 125 cm³/mol. The number of thioether (sulfide) groups is 1. The molecular formula is C23H29ClN2O4S.